The standard InChI is InChI=1S/C14H13ClN6O/c15-9-1-2-10-8(7-16-11(10)6-9)5-12(22)17-14(3-4-14)13-18-20-21-19-13/h1-2,6-7,16H,3-5H2,(H,17,22)(H,18,19,20,21). The van der Waals surface area contributed by atoms with Crippen LogP contribution in [0.15, 0.2) is 24.4 Å². The number of nitrogens with zero attached hydrogens (tertiary/aromatic N) is 3. The van der Waals surface area contributed by atoms with E-state index >= 15 is 0 Å². The van der Waals surface area contributed by atoms with Crippen LogP contribution in [0.2, 0.25) is 5.02 Å². The highest BCUT2D eigenvalue weighted by Gasteiger charge is 2.49. The Hall–Kier alpha value is -2.41. The Kier molecular flexibility index (Phi) is 2.90. The van der Waals surface area contributed by atoms with Crippen molar-refractivity contribution in [3.05, 3.63) is 40.8 Å². The molecule has 22 heavy (non-hydrogen) atoms. The Bertz CT molecular complexity index is 836. The van der Waals surface area contributed by atoms with Crippen molar-refractivity contribution in [1.29, 1.82) is 0 Å². The summed E-state index contributed by atoms with van der Waals surface area (Å²) in [6.45, 7) is 0. The highest BCUT2D eigenvalue weighted by atomic mass is 35.5. The molecule has 112 valence electrons. The number of benzene rings is 1. The van der Waals surface area contributed by atoms with Crippen LogP contribution in [0, 0.1) is 0 Å². The zero-order valence-electron chi connectivity index (χ0n) is 11.6. The molecule has 0 saturated heterocycles. The molecule has 2 heterocycles. The molecule has 0 aliphatic heterocycles. The number of aromatic nitrogens is 5. The highest BCUT2D eigenvalue weighted by molar-refractivity contribution is 6.31. The third-order valence-corrected chi connectivity index (χ3v) is 4.22. The van der Waals surface area contributed by atoms with Crippen molar-refractivity contribution in [2.75, 3.05) is 0 Å². The number of halogens is 1. The van der Waals surface area contributed by atoms with Crippen LogP contribution >= 0.6 is 11.6 Å². The molecule has 0 radical (unpaired) electrons. The number of aromatic amines is 2. The van der Waals surface area contributed by atoms with Gasteiger partial charge in [0, 0.05) is 22.1 Å². The van der Waals surface area contributed by atoms with Crippen molar-refractivity contribution in [2.45, 2.75) is 24.8 Å². The summed E-state index contributed by atoms with van der Waals surface area (Å²) in [6.07, 6.45) is 3.80. The number of amides is 1. The minimum absolute atomic E-state index is 0.0573. The first-order valence-corrected chi connectivity index (χ1v) is 7.35. The summed E-state index contributed by atoms with van der Waals surface area (Å²) in [5.41, 5.74) is 1.42. The summed E-state index contributed by atoms with van der Waals surface area (Å²) in [6, 6.07) is 5.59. The first kappa shape index (κ1) is 13.3. The van der Waals surface area contributed by atoms with E-state index in [1.165, 1.54) is 0 Å². The summed E-state index contributed by atoms with van der Waals surface area (Å²) in [7, 11) is 0. The fourth-order valence-electron chi connectivity index (χ4n) is 2.68. The first-order chi connectivity index (χ1) is 10.7. The number of hydrogen-bond donors (Lipinski definition) is 3. The van der Waals surface area contributed by atoms with Gasteiger partial charge in [-0.25, -0.2) is 0 Å². The lowest BCUT2D eigenvalue weighted by Gasteiger charge is -2.13. The molecule has 2 aromatic heterocycles. The molecule has 1 fully saturated rings. The summed E-state index contributed by atoms with van der Waals surface area (Å²) in [5, 5.41) is 18.6. The number of nitrogens with one attached hydrogen (secondary N) is 3. The molecule has 4 rings (SSSR count). The van der Waals surface area contributed by atoms with Crippen LogP contribution in [0.4, 0.5) is 0 Å². The zero-order chi connectivity index (χ0) is 15.2. The second-order valence-electron chi connectivity index (χ2n) is 5.55. The van der Waals surface area contributed by atoms with Crippen molar-refractivity contribution in [3.8, 4) is 0 Å². The minimum Gasteiger partial charge on any atom is -0.361 e. The van der Waals surface area contributed by atoms with Crippen LogP contribution in [-0.2, 0) is 16.8 Å². The highest BCUT2D eigenvalue weighted by Crippen LogP contribution is 2.43. The maximum absolute atomic E-state index is 12.3. The molecule has 3 aromatic rings. The Morgan fingerprint density at radius 3 is 3.00 bits per heavy atom. The third-order valence-electron chi connectivity index (χ3n) is 3.98. The third kappa shape index (κ3) is 2.23. The molecule has 7 nitrogen and oxygen atoms in total. The van der Waals surface area contributed by atoms with Gasteiger partial charge in [-0.05, 0) is 30.5 Å². The van der Waals surface area contributed by atoms with Gasteiger partial charge in [0.1, 0.15) is 5.54 Å². The summed E-state index contributed by atoms with van der Waals surface area (Å²) < 4.78 is 0. The van der Waals surface area contributed by atoms with Gasteiger partial charge in [0.2, 0.25) is 5.91 Å². The van der Waals surface area contributed by atoms with Crippen LogP contribution < -0.4 is 5.32 Å². The number of carbonyl (C=O) groups is 1. The molecule has 0 atom stereocenters. The summed E-state index contributed by atoms with van der Waals surface area (Å²) in [4.78, 5) is 15.5. The Balaban J connectivity index is 1.52. The van der Waals surface area contributed by atoms with Gasteiger partial charge in [0.15, 0.2) is 5.82 Å². The molecule has 1 aromatic carbocycles. The second-order valence-corrected chi connectivity index (χ2v) is 5.98. The van der Waals surface area contributed by atoms with E-state index in [0.29, 0.717) is 17.3 Å². The SMILES string of the molecule is O=C(Cc1c[nH]c2cc(Cl)ccc12)NC1(c2nn[nH]n2)CC1. The Morgan fingerprint density at radius 2 is 2.27 bits per heavy atom. The number of hydrogen-bond acceptors (Lipinski definition) is 4. The smallest absolute Gasteiger partial charge is 0.225 e. The van der Waals surface area contributed by atoms with Crippen LogP contribution in [0.3, 0.4) is 0 Å². The lowest BCUT2D eigenvalue weighted by molar-refractivity contribution is -0.121. The molecular weight excluding hydrogens is 304 g/mol. The predicted octanol–water partition coefficient (Wildman–Crippen LogP) is 1.68. The molecule has 0 unspecified atom stereocenters. The minimum atomic E-state index is -0.445. The maximum Gasteiger partial charge on any atom is 0.225 e. The van der Waals surface area contributed by atoms with Gasteiger partial charge in [-0.2, -0.15) is 5.21 Å². The van der Waals surface area contributed by atoms with Crippen molar-refractivity contribution < 1.29 is 4.79 Å². The largest absolute Gasteiger partial charge is 0.361 e. The molecule has 0 spiro atoms. The Morgan fingerprint density at radius 1 is 1.41 bits per heavy atom. The number of H-pyrrole nitrogens is 2. The van der Waals surface area contributed by atoms with Gasteiger partial charge >= 0.3 is 0 Å². The fourth-order valence-corrected chi connectivity index (χ4v) is 2.85. The molecule has 0 bridgehead atoms. The van der Waals surface area contributed by atoms with E-state index in [2.05, 4.69) is 30.9 Å². The van der Waals surface area contributed by atoms with Crippen LogP contribution in [-0.4, -0.2) is 31.5 Å². The van der Waals surface area contributed by atoms with Crippen molar-refractivity contribution in [1.82, 2.24) is 30.9 Å². The monoisotopic (exact) mass is 316 g/mol. The Labute approximate surface area is 130 Å². The maximum atomic E-state index is 12.3. The van der Waals surface area contributed by atoms with Gasteiger partial charge < -0.3 is 10.3 Å². The number of carbonyl (C=O) groups excluding carboxylic acids is 1. The number of tetrazole rings is 1. The van der Waals surface area contributed by atoms with Crippen LogP contribution in [0.5, 0.6) is 0 Å². The van der Waals surface area contributed by atoms with E-state index < -0.39 is 5.54 Å². The molecule has 1 amide bonds. The van der Waals surface area contributed by atoms with Gasteiger partial charge in [-0.1, -0.05) is 22.9 Å². The lowest BCUT2D eigenvalue weighted by atomic mass is 10.1. The van der Waals surface area contributed by atoms with Gasteiger partial charge in [-0.3, -0.25) is 4.79 Å². The van der Waals surface area contributed by atoms with Crippen LogP contribution in [0.1, 0.15) is 24.2 Å². The zero-order valence-corrected chi connectivity index (χ0v) is 12.3. The average molecular weight is 317 g/mol. The van der Waals surface area contributed by atoms with Crippen LogP contribution in [0.25, 0.3) is 10.9 Å². The van der Waals surface area contributed by atoms with Crippen molar-refractivity contribution in [3.63, 3.8) is 0 Å². The molecular formula is C14H13ClN6O. The van der Waals surface area contributed by atoms with Gasteiger partial charge in [0.05, 0.1) is 6.42 Å². The summed E-state index contributed by atoms with van der Waals surface area (Å²) >= 11 is 5.96. The number of rotatable bonds is 4. The predicted molar refractivity (Wildman–Crippen MR) is 80.2 cm³/mol. The van der Waals surface area contributed by atoms with Crippen molar-refractivity contribution in [2.24, 2.45) is 0 Å². The molecule has 1 aliphatic rings. The summed E-state index contributed by atoms with van der Waals surface area (Å²) in [5.74, 6) is 0.490. The van der Waals surface area contributed by atoms with E-state index in [0.717, 1.165) is 29.3 Å². The molecule has 3 N–H and O–H groups in total. The van der Waals surface area contributed by atoms with Gasteiger partial charge in [0.25, 0.3) is 0 Å². The molecule has 1 aliphatic carbocycles. The van der Waals surface area contributed by atoms with E-state index in [9.17, 15) is 4.79 Å². The quantitative estimate of drug-likeness (QED) is 0.682. The van der Waals surface area contributed by atoms with E-state index in [1.54, 1.807) is 0 Å². The van der Waals surface area contributed by atoms with E-state index in [1.807, 2.05) is 24.4 Å². The normalized spacial score (nSPS) is 15.9. The fraction of sp³-hybridized carbons (Fsp3) is 0.286. The van der Waals surface area contributed by atoms with Crippen molar-refractivity contribution >= 4 is 28.4 Å². The number of fused-ring (bicyclic) bond motifs is 1. The van der Waals surface area contributed by atoms with Gasteiger partial charge in [-0.15, -0.1) is 10.2 Å². The topological polar surface area (TPSA) is 99.4 Å². The molecule has 8 heteroatoms. The second kappa shape index (κ2) is 4.81. The molecule has 1 saturated carbocycles. The van der Waals surface area contributed by atoms with E-state index in [4.69, 9.17) is 11.6 Å². The van der Waals surface area contributed by atoms with E-state index in [-0.39, 0.29) is 5.91 Å². The first-order valence-electron chi connectivity index (χ1n) is 6.97. The average Bonchev–Trinajstić information content (AvgIpc) is 2.92. The lowest BCUT2D eigenvalue weighted by Crippen LogP contribution is -2.36.